The van der Waals surface area contributed by atoms with Crippen LogP contribution in [-0.4, -0.2) is 50.4 Å². The Balaban J connectivity index is 1.88. The lowest BCUT2D eigenvalue weighted by Gasteiger charge is -2.11. The number of halogens is 4. The van der Waals surface area contributed by atoms with Crippen molar-refractivity contribution in [2.75, 3.05) is 26.4 Å². The Kier molecular flexibility index (Phi) is 6.72. The van der Waals surface area contributed by atoms with E-state index >= 15 is 0 Å². The summed E-state index contributed by atoms with van der Waals surface area (Å²) in [6.07, 6.45) is -4.00. The van der Waals surface area contributed by atoms with Gasteiger partial charge in [0.25, 0.3) is 5.91 Å². The van der Waals surface area contributed by atoms with E-state index in [2.05, 4.69) is 0 Å². The molecular weight excluding hydrogens is 397 g/mol. The fourth-order valence-electron chi connectivity index (χ4n) is 1.95. The molecule has 0 atom stereocenters. The molecule has 0 aromatic heterocycles. The summed E-state index contributed by atoms with van der Waals surface area (Å²) < 4.78 is 51.4. The van der Waals surface area contributed by atoms with Crippen LogP contribution in [0, 0.1) is 0 Å². The average molecular weight is 411 g/mol. The molecule has 0 unspecified atom stereocenters. The normalized spacial score (nSPS) is 13.3. The number of benzene rings is 1. The molecule has 0 spiro atoms. The largest absolute Gasteiger partial charge is 0.489 e. The first-order valence-corrected chi connectivity index (χ1v) is 7.94. The molecule has 1 aliphatic rings. The minimum absolute atomic E-state index is 0.0291. The third kappa shape index (κ3) is 6.51. The predicted molar refractivity (Wildman–Crippen MR) is 84.9 cm³/mol. The van der Waals surface area contributed by atoms with Crippen molar-refractivity contribution in [3.63, 3.8) is 0 Å². The van der Waals surface area contributed by atoms with Crippen molar-refractivity contribution >= 4 is 29.5 Å². The van der Waals surface area contributed by atoms with Gasteiger partial charge in [-0.1, -0.05) is 11.6 Å². The van der Waals surface area contributed by atoms with E-state index in [4.69, 9.17) is 25.8 Å². The second kappa shape index (κ2) is 8.80. The number of amides is 3. The number of ether oxygens (including phenoxy) is 3. The number of carbonyl (C=O) groups excluding carboxylic acids is 3. The van der Waals surface area contributed by atoms with Crippen molar-refractivity contribution in [1.29, 1.82) is 0 Å². The van der Waals surface area contributed by atoms with Crippen molar-refractivity contribution in [3.05, 3.63) is 22.7 Å². The lowest BCUT2D eigenvalue weighted by atomic mass is 10.2. The van der Waals surface area contributed by atoms with E-state index < -0.39 is 37.2 Å². The molecule has 0 bridgehead atoms. The van der Waals surface area contributed by atoms with Crippen LogP contribution in [0.25, 0.3) is 0 Å². The number of hydrogen-bond donors (Lipinski definition) is 2. The lowest BCUT2D eigenvalue weighted by molar-refractivity contribution is -0.125. The lowest BCUT2D eigenvalue weighted by Crippen LogP contribution is -2.44. The molecule has 0 fully saturated rings. The number of urea groups is 1. The first-order valence-electron chi connectivity index (χ1n) is 7.56. The zero-order valence-electron chi connectivity index (χ0n) is 13.7. The minimum atomic E-state index is -4.62. The Morgan fingerprint density at radius 1 is 1.19 bits per heavy atom. The zero-order chi connectivity index (χ0) is 20.0. The number of alkyl halides is 3. The predicted octanol–water partition coefficient (Wildman–Crippen LogP) is 2.05. The highest BCUT2D eigenvalue weighted by Crippen LogP contribution is 2.38. The van der Waals surface area contributed by atoms with Gasteiger partial charge in [-0.05, 0) is 12.1 Å². The van der Waals surface area contributed by atoms with Gasteiger partial charge in [0.15, 0.2) is 18.1 Å². The first kappa shape index (κ1) is 20.6. The van der Waals surface area contributed by atoms with Crippen molar-refractivity contribution in [2.24, 2.45) is 0 Å². The van der Waals surface area contributed by atoms with Gasteiger partial charge >= 0.3 is 18.2 Å². The molecule has 0 aliphatic carbocycles. The summed E-state index contributed by atoms with van der Waals surface area (Å²) >= 11 is 6.03. The molecular formula is C15H14ClF3N2O6. The molecule has 1 aromatic rings. The third-order valence-corrected chi connectivity index (χ3v) is 3.36. The van der Waals surface area contributed by atoms with Crippen LogP contribution >= 0.6 is 11.6 Å². The van der Waals surface area contributed by atoms with Crippen LogP contribution < -0.4 is 20.1 Å². The molecule has 0 saturated carbocycles. The maximum Gasteiger partial charge on any atom is 0.405 e. The van der Waals surface area contributed by atoms with Gasteiger partial charge in [0, 0.05) is 6.42 Å². The number of carbonyl (C=O) groups is 3. The van der Waals surface area contributed by atoms with Crippen LogP contribution in [0.2, 0.25) is 5.02 Å². The molecule has 1 heterocycles. The zero-order valence-corrected chi connectivity index (χ0v) is 14.4. The Morgan fingerprint density at radius 3 is 2.59 bits per heavy atom. The topological polar surface area (TPSA) is 103 Å². The Labute approximate surface area is 155 Å². The van der Waals surface area contributed by atoms with Crippen LogP contribution in [-0.2, 0) is 9.53 Å². The molecule has 8 nitrogen and oxygen atoms in total. The second-order valence-electron chi connectivity index (χ2n) is 5.26. The van der Waals surface area contributed by atoms with Gasteiger partial charge in [0.1, 0.15) is 6.54 Å². The van der Waals surface area contributed by atoms with E-state index in [1.54, 1.807) is 5.32 Å². The summed E-state index contributed by atoms with van der Waals surface area (Å²) in [4.78, 5) is 34.6. The van der Waals surface area contributed by atoms with Crippen LogP contribution in [0.1, 0.15) is 16.8 Å². The van der Waals surface area contributed by atoms with E-state index in [1.807, 2.05) is 0 Å². The molecule has 12 heteroatoms. The van der Waals surface area contributed by atoms with Crippen LogP contribution in [0.3, 0.4) is 0 Å². The summed E-state index contributed by atoms with van der Waals surface area (Å²) in [7, 11) is 0. The van der Waals surface area contributed by atoms with E-state index in [-0.39, 0.29) is 22.1 Å². The number of rotatable bonds is 4. The summed E-state index contributed by atoms with van der Waals surface area (Å²) in [5.74, 6) is -1.53. The highest BCUT2D eigenvalue weighted by atomic mass is 35.5. The summed E-state index contributed by atoms with van der Waals surface area (Å²) in [5.41, 5.74) is -0.0291. The fraction of sp³-hybridized carbons (Fsp3) is 0.400. The molecule has 3 amide bonds. The SMILES string of the molecule is O=C(COC(=O)c1cc(Cl)c2c(c1)OCCCO2)NC(=O)NCC(F)(F)F. The summed E-state index contributed by atoms with van der Waals surface area (Å²) in [5, 5.41) is 3.14. The van der Waals surface area contributed by atoms with Gasteiger partial charge in [0.05, 0.1) is 23.8 Å². The van der Waals surface area contributed by atoms with Crippen LogP contribution in [0.4, 0.5) is 18.0 Å². The van der Waals surface area contributed by atoms with Gasteiger partial charge in [-0.3, -0.25) is 10.1 Å². The second-order valence-corrected chi connectivity index (χ2v) is 5.67. The van der Waals surface area contributed by atoms with Crippen LogP contribution in [0.15, 0.2) is 12.1 Å². The average Bonchev–Trinajstić information content (AvgIpc) is 2.83. The van der Waals surface area contributed by atoms with E-state index in [0.29, 0.717) is 19.6 Å². The quantitative estimate of drug-likeness (QED) is 0.736. The van der Waals surface area contributed by atoms with Crippen molar-refractivity contribution < 1.29 is 41.8 Å². The van der Waals surface area contributed by atoms with Gasteiger partial charge in [-0.15, -0.1) is 0 Å². The Morgan fingerprint density at radius 2 is 1.89 bits per heavy atom. The Bertz CT molecular complexity index is 741. The highest BCUT2D eigenvalue weighted by molar-refractivity contribution is 6.32. The van der Waals surface area contributed by atoms with Crippen molar-refractivity contribution in [3.8, 4) is 11.5 Å². The Hall–Kier alpha value is -2.69. The number of nitrogens with one attached hydrogen (secondary N) is 2. The highest BCUT2D eigenvalue weighted by Gasteiger charge is 2.28. The summed E-state index contributed by atoms with van der Waals surface area (Å²) in [6.45, 7) is -1.74. The van der Waals surface area contributed by atoms with Crippen molar-refractivity contribution in [2.45, 2.75) is 12.6 Å². The molecule has 2 rings (SSSR count). The molecule has 1 aromatic carbocycles. The third-order valence-electron chi connectivity index (χ3n) is 3.07. The van der Waals surface area contributed by atoms with E-state index in [9.17, 15) is 27.6 Å². The van der Waals surface area contributed by atoms with E-state index in [1.165, 1.54) is 17.4 Å². The fourth-order valence-corrected chi connectivity index (χ4v) is 2.22. The van der Waals surface area contributed by atoms with Gasteiger partial charge < -0.3 is 19.5 Å². The van der Waals surface area contributed by atoms with Gasteiger partial charge in [0.2, 0.25) is 0 Å². The minimum Gasteiger partial charge on any atom is -0.489 e. The molecule has 148 valence electrons. The summed E-state index contributed by atoms with van der Waals surface area (Å²) in [6, 6.07) is 1.21. The number of fused-ring (bicyclic) bond motifs is 1. The van der Waals surface area contributed by atoms with Gasteiger partial charge in [-0.25, -0.2) is 9.59 Å². The number of hydrogen-bond acceptors (Lipinski definition) is 6. The smallest absolute Gasteiger partial charge is 0.405 e. The van der Waals surface area contributed by atoms with Crippen LogP contribution in [0.5, 0.6) is 11.5 Å². The maximum absolute atomic E-state index is 12.0. The maximum atomic E-state index is 12.0. The number of esters is 1. The van der Waals surface area contributed by atoms with Crippen molar-refractivity contribution in [1.82, 2.24) is 10.6 Å². The number of imide groups is 1. The molecule has 0 radical (unpaired) electrons. The molecule has 0 saturated heterocycles. The standard InChI is InChI=1S/C15H14ClF3N2O6/c16-9-4-8(5-10-12(9)26-3-1-2-25-10)13(23)27-6-11(22)21-14(24)20-7-15(17,18)19/h4-5H,1-3,6-7H2,(H2,20,21,22,24). The molecule has 1 aliphatic heterocycles. The van der Waals surface area contributed by atoms with Gasteiger partial charge in [-0.2, -0.15) is 13.2 Å². The first-order chi connectivity index (χ1) is 12.7. The molecule has 2 N–H and O–H groups in total. The van der Waals surface area contributed by atoms with E-state index in [0.717, 1.165) is 0 Å². The molecule has 27 heavy (non-hydrogen) atoms. The monoisotopic (exact) mass is 410 g/mol.